The minimum absolute atomic E-state index is 0. The summed E-state index contributed by atoms with van der Waals surface area (Å²) in [7, 11) is 0. The monoisotopic (exact) mass is 363 g/mol. The number of hydrogen-bond acceptors (Lipinski definition) is 1. The van der Waals surface area contributed by atoms with Crippen LogP contribution in [0.25, 0.3) is 0 Å². The Kier molecular flexibility index (Phi) is 28.0. The molecule has 0 radical (unpaired) electrons. The van der Waals surface area contributed by atoms with Gasteiger partial charge in [-0.1, -0.05) is 103 Å². The van der Waals surface area contributed by atoms with Gasteiger partial charge in [0, 0.05) is 0 Å². The maximum atomic E-state index is 8.68. The van der Waals surface area contributed by atoms with Gasteiger partial charge in [0.2, 0.25) is 0 Å². The summed E-state index contributed by atoms with van der Waals surface area (Å²) < 4.78 is 0. The number of aliphatic hydroxyl groups excluding tert-OH is 1. The number of aliphatic hydroxyl groups is 1. The molecule has 0 saturated carbocycles. The van der Waals surface area contributed by atoms with Crippen LogP contribution in [-0.2, 0) is 0 Å². The van der Waals surface area contributed by atoms with Crippen LogP contribution in [0, 0.1) is 0 Å². The molecule has 0 spiro atoms. The third-order valence-corrected chi connectivity index (χ3v) is 4.85. The Morgan fingerprint density at radius 3 is 1.17 bits per heavy atom. The van der Waals surface area contributed by atoms with E-state index in [-0.39, 0.29) is 12.4 Å². The van der Waals surface area contributed by atoms with Gasteiger partial charge in [-0.2, -0.15) is 0 Å². The molecule has 0 bridgehead atoms. The molecule has 24 heavy (non-hydrogen) atoms. The molecule has 0 saturated heterocycles. The highest BCUT2D eigenvalue weighted by Gasteiger charge is 1.95. The molecule has 0 unspecified atom stereocenters. The van der Waals surface area contributed by atoms with E-state index >= 15 is 0 Å². The second kappa shape index (κ2) is 25.5. The molecule has 0 aromatic heterocycles. The summed E-state index contributed by atoms with van der Waals surface area (Å²) in [4.78, 5) is 0. The van der Waals surface area contributed by atoms with Crippen LogP contribution in [0.3, 0.4) is 0 Å². The molecular weight excluding hydrogens is 318 g/mol. The van der Waals surface area contributed by atoms with Crippen LogP contribution in [0.1, 0.15) is 116 Å². The first kappa shape index (κ1) is 26.4. The molecule has 0 amide bonds. The van der Waals surface area contributed by atoms with E-state index in [0.29, 0.717) is 6.61 Å². The van der Waals surface area contributed by atoms with Crippen LogP contribution in [-0.4, -0.2) is 24.8 Å². The van der Waals surface area contributed by atoms with Gasteiger partial charge in [-0.05, 0) is 12.8 Å². The van der Waals surface area contributed by atoms with Crippen LogP contribution in [0.2, 0.25) is 0 Å². The van der Waals surface area contributed by atoms with Crippen LogP contribution in [0.5, 0.6) is 0 Å². The maximum Gasteiger partial charge on any atom is 0.0990 e. The van der Waals surface area contributed by atoms with Crippen molar-refractivity contribution < 1.29 is 22.8 Å². The summed E-state index contributed by atoms with van der Waals surface area (Å²) in [6.45, 7) is 4.68. The quantitative estimate of drug-likeness (QED) is 0.320. The van der Waals surface area contributed by atoms with Crippen molar-refractivity contribution in [2.24, 2.45) is 0 Å². The molecule has 0 aliphatic heterocycles. The molecule has 0 atom stereocenters. The van der Waals surface area contributed by atoms with Crippen molar-refractivity contribution >= 4 is 0 Å². The minimum Gasteiger partial charge on any atom is -1.00 e. The number of quaternary nitrogens is 1. The predicted octanol–water partition coefficient (Wildman–Crippen LogP) is 2.20. The van der Waals surface area contributed by atoms with Gasteiger partial charge in [-0.15, -0.1) is 0 Å². The first-order chi connectivity index (χ1) is 11.4. The zero-order chi connectivity index (χ0) is 16.8. The highest BCUT2D eigenvalue weighted by Crippen LogP contribution is 2.13. The number of rotatable bonds is 20. The average Bonchev–Trinajstić information content (AvgIpc) is 2.57. The minimum atomic E-state index is 0. The van der Waals surface area contributed by atoms with Gasteiger partial charge >= 0.3 is 0 Å². The van der Waals surface area contributed by atoms with E-state index in [1.807, 2.05) is 0 Å². The van der Waals surface area contributed by atoms with Gasteiger partial charge < -0.3 is 22.8 Å². The fourth-order valence-corrected chi connectivity index (χ4v) is 3.25. The SMILES string of the molecule is CCCCCCCCCCCCCCCCCCC[NH2+]CCO.[Cl-]. The van der Waals surface area contributed by atoms with Crippen LogP contribution < -0.4 is 17.7 Å². The first-order valence-corrected chi connectivity index (χ1v) is 10.8. The van der Waals surface area contributed by atoms with E-state index in [1.54, 1.807) is 0 Å². The molecular formula is C21H46ClNO. The van der Waals surface area contributed by atoms with Crippen LogP contribution >= 0.6 is 0 Å². The van der Waals surface area contributed by atoms with Crippen molar-refractivity contribution in [3.8, 4) is 0 Å². The molecule has 0 aliphatic rings. The Labute approximate surface area is 159 Å². The number of unbranched alkanes of at least 4 members (excludes halogenated alkanes) is 16. The lowest BCUT2D eigenvalue weighted by atomic mass is 10.0. The predicted molar refractivity (Wildman–Crippen MR) is 103 cm³/mol. The molecule has 0 rings (SSSR count). The second-order valence-electron chi connectivity index (χ2n) is 7.25. The van der Waals surface area contributed by atoms with Crippen molar-refractivity contribution in [1.82, 2.24) is 0 Å². The van der Waals surface area contributed by atoms with Gasteiger partial charge in [-0.3, -0.25) is 0 Å². The third kappa shape index (κ3) is 24.5. The molecule has 3 heteroatoms. The van der Waals surface area contributed by atoms with E-state index in [9.17, 15) is 0 Å². The highest BCUT2D eigenvalue weighted by molar-refractivity contribution is 4.50. The lowest BCUT2D eigenvalue weighted by molar-refractivity contribution is -0.656. The zero-order valence-corrected chi connectivity index (χ0v) is 17.3. The fourth-order valence-electron chi connectivity index (χ4n) is 3.25. The Morgan fingerprint density at radius 1 is 0.500 bits per heavy atom. The Hall–Kier alpha value is 0.210. The van der Waals surface area contributed by atoms with Crippen molar-refractivity contribution in [1.29, 1.82) is 0 Å². The molecule has 0 heterocycles. The Morgan fingerprint density at radius 2 is 0.833 bits per heavy atom. The van der Waals surface area contributed by atoms with Gasteiger partial charge in [-0.25, -0.2) is 0 Å². The van der Waals surface area contributed by atoms with E-state index in [4.69, 9.17) is 5.11 Å². The summed E-state index contributed by atoms with van der Waals surface area (Å²) in [6, 6.07) is 0. The van der Waals surface area contributed by atoms with Gasteiger partial charge in [0.25, 0.3) is 0 Å². The summed E-state index contributed by atoms with van der Waals surface area (Å²) in [5.41, 5.74) is 0. The Balaban J connectivity index is 0. The summed E-state index contributed by atoms with van der Waals surface area (Å²) in [5, 5.41) is 10.9. The third-order valence-electron chi connectivity index (χ3n) is 4.85. The fraction of sp³-hybridized carbons (Fsp3) is 1.00. The number of nitrogens with two attached hydrogens (primary N) is 1. The topological polar surface area (TPSA) is 36.8 Å². The molecule has 0 fully saturated rings. The first-order valence-electron chi connectivity index (χ1n) is 10.8. The van der Waals surface area contributed by atoms with Crippen LogP contribution in [0.4, 0.5) is 0 Å². The van der Waals surface area contributed by atoms with E-state index in [0.717, 1.165) is 6.54 Å². The molecule has 0 aromatic rings. The lowest BCUT2D eigenvalue weighted by Gasteiger charge is -2.03. The van der Waals surface area contributed by atoms with E-state index < -0.39 is 0 Å². The van der Waals surface area contributed by atoms with Gasteiger partial charge in [0.05, 0.1) is 19.7 Å². The zero-order valence-electron chi connectivity index (χ0n) is 16.5. The molecule has 2 nitrogen and oxygen atoms in total. The largest absolute Gasteiger partial charge is 1.00 e. The van der Waals surface area contributed by atoms with Crippen molar-refractivity contribution in [2.45, 2.75) is 116 Å². The maximum absolute atomic E-state index is 8.68. The van der Waals surface area contributed by atoms with Crippen molar-refractivity contribution in [3.05, 3.63) is 0 Å². The molecule has 148 valence electrons. The number of hydrogen-bond donors (Lipinski definition) is 2. The van der Waals surface area contributed by atoms with Crippen LogP contribution in [0.15, 0.2) is 0 Å². The average molecular weight is 364 g/mol. The summed E-state index contributed by atoms with van der Waals surface area (Å²) in [6.07, 6.45) is 24.4. The number of halogens is 1. The van der Waals surface area contributed by atoms with Crippen molar-refractivity contribution in [2.75, 3.05) is 19.7 Å². The highest BCUT2D eigenvalue weighted by atomic mass is 35.5. The van der Waals surface area contributed by atoms with E-state index in [2.05, 4.69) is 12.2 Å². The normalized spacial score (nSPS) is 10.8. The Bertz CT molecular complexity index is 182. The van der Waals surface area contributed by atoms with Crippen molar-refractivity contribution in [3.63, 3.8) is 0 Å². The summed E-state index contributed by atoms with van der Waals surface area (Å²) in [5.74, 6) is 0. The smallest absolute Gasteiger partial charge is 0.0990 e. The van der Waals surface area contributed by atoms with E-state index in [1.165, 1.54) is 116 Å². The van der Waals surface area contributed by atoms with Gasteiger partial charge in [0.1, 0.15) is 0 Å². The lowest BCUT2D eigenvalue weighted by Crippen LogP contribution is -3.00. The molecule has 0 aliphatic carbocycles. The second-order valence-corrected chi connectivity index (χ2v) is 7.25. The molecule has 3 N–H and O–H groups in total. The standard InChI is InChI=1S/C21H45NO.ClH/c1-2-3-4-5-6-7-8-9-10-11-12-13-14-15-16-17-18-19-22-20-21-23;/h22-23H,2-21H2,1H3;1H. The van der Waals surface area contributed by atoms with Gasteiger partial charge in [0.15, 0.2) is 0 Å². The summed E-state index contributed by atoms with van der Waals surface area (Å²) >= 11 is 0. The molecule has 0 aromatic carbocycles.